The first kappa shape index (κ1) is 15.8. The predicted octanol–water partition coefficient (Wildman–Crippen LogP) is 3.02. The molecule has 0 aliphatic heterocycles. The maximum absolute atomic E-state index is 8.92. The minimum atomic E-state index is 0. The number of hydrogen-bond acceptors (Lipinski definition) is 2. The first-order valence-electron chi connectivity index (χ1n) is 5.10. The van der Waals surface area contributed by atoms with Crippen molar-refractivity contribution in [2.45, 2.75) is 13.8 Å². The van der Waals surface area contributed by atoms with Crippen molar-refractivity contribution in [3.63, 3.8) is 0 Å². The van der Waals surface area contributed by atoms with Crippen LogP contribution >= 0.6 is 0 Å². The van der Waals surface area contributed by atoms with E-state index in [0.717, 1.165) is 11.1 Å². The van der Waals surface area contributed by atoms with Gasteiger partial charge in [-0.15, -0.1) is 0 Å². The average Bonchev–Trinajstić information content (AvgIpc) is 2.28. The van der Waals surface area contributed by atoms with Gasteiger partial charge in [0, 0.05) is 23.9 Å². The summed E-state index contributed by atoms with van der Waals surface area (Å²) in [7, 11) is 0. The van der Waals surface area contributed by atoms with Gasteiger partial charge in [0.2, 0.25) is 0 Å². The van der Waals surface area contributed by atoms with E-state index in [0.29, 0.717) is 11.5 Å². The van der Waals surface area contributed by atoms with Gasteiger partial charge < -0.3 is 10.2 Å². The minimum Gasteiger partial charge on any atom is -0.508 e. The molecule has 0 aromatic heterocycles. The number of phenols is 2. The molecule has 0 unspecified atom stereocenters. The van der Waals surface area contributed by atoms with E-state index in [2.05, 4.69) is 0 Å². The summed E-state index contributed by atoms with van der Waals surface area (Å²) in [5.74, 6) is 0.736. The average molecular weight is 335 g/mol. The van der Waals surface area contributed by atoms with E-state index < -0.39 is 0 Å². The molecule has 2 aromatic rings. The van der Waals surface area contributed by atoms with Crippen LogP contribution in [0.4, 0.5) is 0 Å². The Morgan fingerprint density at radius 2 is 0.941 bits per heavy atom. The van der Waals surface area contributed by atoms with Gasteiger partial charge in [-0.2, -0.15) is 0 Å². The van der Waals surface area contributed by atoms with Crippen molar-refractivity contribution in [2.24, 2.45) is 0 Å². The molecule has 0 bridgehead atoms. The summed E-state index contributed by atoms with van der Waals surface area (Å²) in [6.45, 7) is 3.74. The fourth-order valence-corrected chi connectivity index (χ4v) is 1.13. The van der Waals surface area contributed by atoms with Crippen LogP contribution in [0.2, 0.25) is 0 Å². The van der Waals surface area contributed by atoms with Crippen LogP contribution in [-0.4, -0.2) is 34.1 Å². The second-order valence-electron chi connectivity index (χ2n) is 3.57. The third-order valence-corrected chi connectivity index (χ3v) is 2.23. The molecule has 3 heteroatoms. The molecule has 2 N–H and O–H groups in total. The van der Waals surface area contributed by atoms with Crippen molar-refractivity contribution in [1.29, 1.82) is 0 Å². The second kappa shape index (κ2) is 8.01. The predicted molar refractivity (Wildman–Crippen MR) is 71.4 cm³/mol. The fraction of sp³-hybridized carbons (Fsp3) is 0.143. The van der Waals surface area contributed by atoms with E-state index in [1.54, 1.807) is 12.1 Å². The quantitative estimate of drug-likeness (QED) is 0.727. The zero-order valence-corrected chi connectivity index (χ0v) is 12.9. The van der Waals surface area contributed by atoms with Crippen LogP contribution in [0.25, 0.3) is 0 Å². The van der Waals surface area contributed by atoms with E-state index in [-0.39, 0.29) is 23.9 Å². The molecule has 2 rings (SSSR count). The molecule has 0 fully saturated rings. The van der Waals surface area contributed by atoms with Crippen molar-refractivity contribution in [3.8, 4) is 11.5 Å². The second-order valence-corrected chi connectivity index (χ2v) is 3.57. The molecule has 0 saturated carbocycles. The van der Waals surface area contributed by atoms with E-state index in [1.165, 1.54) is 0 Å². The zero-order chi connectivity index (χ0) is 12.0. The third-order valence-electron chi connectivity index (χ3n) is 2.23. The normalized spacial score (nSPS) is 8.59. The maximum atomic E-state index is 8.92. The summed E-state index contributed by atoms with van der Waals surface area (Å²) < 4.78 is 0. The Labute approximate surface area is 119 Å². The van der Waals surface area contributed by atoms with Gasteiger partial charge in [0.15, 0.2) is 0 Å². The summed E-state index contributed by atoms with van der Waals surface area (Å²) >= 11 is 0. The van der Waals surface area contributed by atoms with Crippen molar-refractivity contribution in [1.82, 2.24) is 0 Å². The smallest absolute Gasteiger partial charge is 0.118 e. The molecule has 0 amide bonds. The SMILES string of the molecule is Cc1ccccc1O.Cc1ccccc1O.[Sn]. The molecule has 2 aromatic carbocycles. The minimum absolute atomic E-state index is 0. The van der Waals surface area contributed by atoms with Crippen molar-refractivity contribution in [3.05, 3.63) is 59.7 Å². The topological polar surface area (TPSA) is 40.5 Å². The van der Waals surface area contributed by atoms with Crippen molar-refractivity contribution in [2.75, 3.05) is 0 Å². The molecule has 2 nitrogen and oxygen atoms in total. The molecule has 0 spiro atoms. The molecule has 0 aliphatic carbocycles. The number of para-hydroxylation sites is 2. The molecule has 0 aliphatic rings. The Morgan fingerprint density at radius 3 is 1.12 bits per heavy atom. The van der Waals surface area contributed by atoms with E-state index in [9.17, 15) is 0 Å². The van der Waals surface area contributed by atoms with E-state index >= 15 is 0 Å². The van der Waals surface area contributed by atoms with Crippen LogP contribution in [0.15, 0.2) is 48.5 Å². The number of aromatic hydroxyl groups is 2. The van der Waals surface area contributed by atoms with Gasteiger partial charge in [0.05, 0.1) is 0 Å². The third kappa shape index (κ3) is 5.63. The number of rotatable bonds is 0. The Kier molecular flexibility index (Phi) is 7.46. The first-order valence-corrected chi connectivity index (χ1v) is 5.10. The Balaban J connectivity index is 0.000000284. The van der Waals surface area contributed by atoms with E-state index in [4.69, 9.17) is 10.2 Å². The number of aryl methyl sites for hydroxylation is 2. The Bertz CT molecular complexity index is 370. The van der Waals surface area contributed by atoms with Crippen LogP contribution in [0, 0.1) is 13.8 Å². The summed E-state index contributed by atoms with van der Waals surface area (Å²) in [6, 6.07) is 14.5. The van der Waals surface area contributed by atoms with E-state index in [1.807, 2.05) is 50.2 Å². The maximum Gasteiger partial charge on any atom is 0.118 e. The van der Waals surface area contributed by atoms with Crippen molar-refractivity contribution < 1.29 is 10.2 Å². The molecule has 0 saturated heterocycles. The molecular formula is C14H16O2Sn. The largest absolute Gasteiger partial charge is 0.508 e. The molecule has 17 heavy (non-hydrogen) atoms. The van der Waals surface area contributed by atoms with Gasteiger partial charge in [-0.05, 0) is 37.1 Å². The summed E-state index contributed by atoms with van der Waals surface area (Å²) in [4.78, 5) is 0. The van der Waals surface area contributed by atoms with Gasteiger partial charge >= 0.3 is 0 Å². The van der Waals surface area contributed by atoms with Crippen LogP contribution in [0.3, 0.4) is 0 Å². The van der Waals surface area contributed by atoms with Gasteiger partial charge in [-0.1, -0.05) is 36.4 Å². The standard InChI is InChI=1S/2C7H8O.Sn/c2*1-6-4-2-3-5-7(6)8;/h2*2-5,8H,1H3;. The molecule has 0 atom stereocenters. The molecular weight excluding hydrogens is 319 g/mol. The number of phenolic OH excluding ortho intramolecular Hbond substituents is 2. The van der Waals surface area contributed by atoms with Crippen LogP contribution in [-0.2, 0) is 0 Å². The van der Waals surface area contributed by atoms with Crippen LogP contribution < -0.4 is 0 Å². The number of benzene rings is 2. The van der Waals surface area contributed by atoms with Gasteiger partial charge in [0.1, 0.15) is 11.5 Å². The van der Waals surface area contributed by atoms with Gasteiger partial charge in [0.25, 0.3) is 0 Å². The molecule has 88 valence electrons. The Morgan fingerprint density at radius 1 is 0.647 bits per heavy atom. The first-order chi connectivity index (χ1) is 7.61. The monoisotopic (exact) mass is 336 g/mol. The molecule has 0 heterocycles. The zero-order valence-electron chi connectivity index (χ0n) is 10.0. The summed E-state index contributed by atoms with van der Waals surface area (Å²) in [6.07, 6.45) is 0. The number of hydrogen-bond donors (Lipinski definition) is 2. The molecule has 4 radical (unpaired) electrons. The summed E-state index contributed by atoms with van der Waals surface area (Å²) in [5, 5.41) is 17.8. The van der Waals surface area contributed by atoms with Gasteiger partial charge in [-0.3, -0.25) is 0 Å². The Hall–Kier alpha value is -1.16. The van der Waals surface area contributed by atoms with Crippen molar-refractivity contribution >= 4 is 23.9 Å². The van der Waals surface area contributed by atoms with Gasteiger partial charge in [-0.25, -0.2) is 0 Å². The van der Waals surface area contributed by atoms with Crippen LogP contribution in [0.5, 0.6) is 11.5 Å². The van der Waals surface area contributed by atoms with Crippen LogP contribution in [0.1, 0.15) is 11.1 Å². The summed E-state index contributed by atoms with van der Waals surface area (Å²) in [5.41, 5.74) is 1.85. The fourth-order valence-electron chi connectivity index (χ4n) is 1.13.